The van der Waals surface area contributed by atoms with Gasteiger partial charge in [-0.05, 0) is 24.7 Å². The molecule has 108 valence electrons. The van der Waals surface area contributed by atoms with Crippen molar-refractivity contribution in [3.63, 3.8) is 0 Å². The molecule has 1 fully saturated rings. The van der Waals surface area contributed by atoms with Gasteiger partial charge >= 0.3 is 0 Å². The van der Waals surface area contributed by atoms with Crippen LogP contribution in [0.4, 0.5) is 10.3 Å². The third-order valence-corrected chi connectivity index (χ3v) is 3.56. The third-order valence-electron chi connectivity index (χ3n) is 3.56. The zero-order valence-corrected chi connectivity index (χ0v) is 11.5. The number of hydrogen-bond acceptors (Lipinski definition) is 4. The van der Waals surface area contributed by atoms with E-state index < -0.39 is 0 Å². The summed E-state index contributed by atoms with van der Waals surface area (Å²) < 4.78 is 18.8. The van der Waals surface area contributed by atoms with Gasteiger partial charge in [0.05, 0.1) is 30.3 Å². The molecular formula is C14H19FN4O. The van der Waals surface area contributed by atoms with E-state index in [2.05, 4.69) is 27.1 Å². The lowest BCUT2D eigenvalue weighted by Crippen LogP contribution is -2.51. The molecule has 0 saturated carbocycles. The van der Waals surface area contributed by atoms with E-state index in [-0.39, 0.29) is 11.9 Å². The molecule has 1 aliphatic heterocycles. The van der Waals surface area contributed by atoms with Crippen molar-refractivity contribution < 1.29 is 9.13 Å². The van der Waals surface area contributed by atoms with Gasteiger partial charge in [-0.2, -0.15) is 0 Å². The Kier molecular flexibility index (Phi) is 3.84. The highest BCUT2D eigenvalue weighted by Gasteiger charge is 2.25. The summed E-state index contributed by atoms with van der Waals surface area (Å²) in [7, 11) is 0. The lowest BCUT2D eigenvalue weighted by atomic mass is 10.2. The molecule has 0 radical (unpaired) electrons. The number of fused-ring (bicyclic) bond motifs is 1. The van der Waals surface area contributed by atoms with Gasteiger partial charge < -0.3 is 19.9 Å². The number of hydrogen-bond donors (Lipinski definition) is 2. The molecule has 1 saturated heterocycles. The Balaban J connectivity index is 1.86. The first kappa shape index (κ1) is 13.3. The normalized spacial score (nSPS) is 19.7. The molecule has 1 aromatic carbocycles. The fraction of sp³-hybridized carbons (Fsp3) is 0.500. The predicted octanol–water partition coefficient (Wildman–Crippen LogP) is 1.52. The summed E-state index contributed by atoms with van der Waals surface area (Å²) in [6, 6.07) is 4.85. The van der Waals surface area contributed by atoms with Gasteiger partial charge in [-0.1, -0.05) is 6.92 Å². The van der Waals surface area contributed by atoms with E-state index in [0.717, 1.165) is 36.6 Å². The van der Waals surface area contributed by atoms with E-state index in [0.29, 0.717) is 13.2 Å². The van der Waals surface area contributed by atoms with Crippen molar-refractivity contribution in [3.8, 4) is 0 Å². The molecule has 0 spiro atoms. The van der Waals surface area contributed by atoms with E-state index in [4.69, 9.17) is 4.74 Å². The average Bonchev–Trinajstić information content (AvgIpc) is 2.88. The number of halogens is 1. The van der Waals surface area contributed by atoms with Crippen molar-refractivity contribution in [1.82, 2.24) is 15.3 Å². The monoisotopic (exact) mass is 278 g/mol. The number of anilines is 1. The quantitative estimate of drug-likeness (QED) is 0.890. The minimum Gasteiger partial charge on any atom is -0.377 e. The molecule has 2 N–H and O–H groups in total. The molecule has 1 atom stereocenters. The number of likely N-dealkylation sites (N-methyl/N-ethyl adjacent to an activating group) is 1. The molecule has 20 heavy (non-hydrogen) atoms. The Bertz CT molecular complexity index is 586. The molecule has 0 bridgehead atoms. The average molecular weight is 278 g/mol. The summed E-state index contributed by atoms with van der Waals surface area (Å²) in [6.45, 7) is 6.01. The Morgan fingerprint density at radius 1 is 1.55 bits per heavy atom. The van der Waals surface area contributed by atoms with Crippen LogP contribution in [0, 0.1) is 5.82 Å². The highest BCUT2D eigenvalue weighted by atomic mass is 19.1. The number of morpholine rings is 1. The maximum Gasteiger partial charge on any atom is 0.204 e. The van der Waals surface area contributed by atoms with Crippen LogP contribution in [-0.4, -0.2) is 48.9 Å². The molecule has 0 aliphatic carbocycles. The molecule has 5 nitrogen and oxygen atoms in total. The number of nitrogens with zero attached hydrogens (tertiary/aromatic N) is 2. The Morgan fingerprint density at radius 3 is 3.30 bits per heavy atom. The van der Waals surface area contributed by atoms with Gasteiger partial charge in [0, 0.05) is 13.1 Å². The predicted molar refractivity (Wildman–Crippen MR) is 76.5 cm³/mol. The molecule has 1 aliphatic rings. The van der Waals surface area contributed by atoms with Crippen LogP contribution in [0.15, 0.2) is 18.2 Å². The maximum absolute atomic E-state index is 13.2. The number of ether oxygens (including phenoxy) is 1. The number of benzene rings is 1. The van der Waals surface area contributed by atoms with Crippen LogP contribution in [-0.2, 0) is 4.74 Å². The van der Waals surface area contributed by atoms with Crippen LogP contribution >= 0.6 is 0 Å². The van der Waals surface area contributed by atoms with Gasteiger partial charge in [0.15, 0.2) is 0 Å². The number of nitrogens with one attached hydrogen (secondary N) is 2. The van der Waals surface area contributed by atoms with Crippen LogP contribution in [0.2, 0.25) is 0 Å². The number of aromatic nitrogens is 2. The van der Waals surface area contributed by atoms with Crippen molar-refractivity contribution in [3.05, 3.63) is 24.0 Å². The first-order chi connectivity index (χ1) is 9.78. The summed E-state index contributed by atoms with van der Waals surface area (Å²) in [5.74, 6) is 0.538. The van der Waals surface area contributed by atoms with Crippen molar-refractivity contribution in [2.24, 2.45) is 0 Å². The van der Waals surface area contributed by atoms with Crippen molar-refractivity contribution in [2.75, 3.05) is 37.7 Å². The highest BCUT2D eigenvalue weighted by Crippen LogP contribution is 2.21. The number of H-pyrrole nitrogens is 1. The zero-order chi connectivity index (χ0) is 13.9. The van der Waals surface area contributed by atoms with Crippen LogP contribution in [0.1, 0.15) is 6.92 Å². The van der Waals surface area contributed by atoms with E-state index >= 15 is 0 Å². The number of imidazole rings is 1. The van der Waals surface area contributed by atoms with Gasteiger partial charge in [-0.15, -0.1) is 0 Å². The Hall–Kier alpha value is -1.66. The van der Waals surface area contributed by atoms with Crippen molar-refractivity contribution in [1.29, 1.82) is 0 Å². The third kappa shape index (κ3) is 2.62. The van der Waals surface area contributed by atoms with Gasteiger partial charge in [-0.25, -0.2) is 9.37 Å². The van der Waals surface area contributed by atoms with Gasteiger partial charge in [0.2, 0.25) is 5.95 Å². The van der Waals surface area contributed by atoms with Crippen LogP contribution in [0.25, 0.3) is 11.0 Å². The van der Waals surface area contributed by atoms with E-state index in [9.17, 15) is 4.39 Å². The number of rotatable bonds is 4. The van der Waals surface area contributed by atoms with Crippen LogP contribution in [0.5, 0.6) is 0 Å². The lowest BCUT2D eigenvalue weighted by Gasteiger charge is -2.35. The second-order valence-electron chi connectivity index (χ2n) is 4.95. The SMILES string of the molecule is CCNCC1COCCN1c1nc2ccc(F)cc2[nH]1. The largest absolute Gasteiger partial charge is 0.377 e. The Morgan fingerprint density at radius 2 is 2.45 bits per heavy atom. The second kappa shape index (κ2) is 5.76. The van der Waals surface area contributed by atoms with E-state index in [1.165, 1.54) is 12.1 Å². The maximum atomic E-state index is 13.2. The summed E-state index contributed by atoms with van der Waals surface area (Å²) in [5, 5.41) is 3.34. The molecule has 2 heterocycles. The van der Waals surface area contributed by atoms with Gasteiger partial charge in [0.1, 0.15) is 5.82 Å². The van der Waals surface area contributed by atoms with E-state index in [1.54, 1.807) is 6.07 Å². The number of aromatic amines is 1. The lowest BCUT2D eigenvalue weighted by molar-refractivity contribution is 0.0932. The van der Waals surface area contributed by atoms with Gasteiger partial charge in [0.25, 0.3) is 0 Å². The summed E-state index contributed by atoms with van der Waals surface area (Å²) in [5.41, 5.74) is 1.52. The molecule has 1 aromatic heterocycles. The summed E-state index contributed by atoms with van der Waals surface area (Å²) in [6.07, 6.45) is 0. The van der Waals surface area contributed by atoms with Gasteiger partial charge in [-0.3, -0.25) is 0 Å². The fourth-order valence-corrected chi connectivity index (χ4v) is 2.52. The van der Waals surface area contributed by atoms with Crippen LogP contribution in [0.3, 0.4) is 0 Å². The second-order valence-corrected chi connectivity index (χ2v) is 4.95. The van der Waals surface area contributed by atoms with Crippen molar-refractivity contribution in [2.45, 2.75) is 13.0 Å². The Labute approximate surface area is 117 Å². The standard InChI is InChI=1S/C14H19FN4O/c1-2-16-8-11-9-20-6-5-19(11)14-17-12-4-3-10(15)7-13(12)18-14/h3-4,7,11,16H,2,5-6,8-9H2,1H3,(H,17,18). The molecule has 0 amide bonds. The summed E-state index contributed by atoms with van der Waals surface area (Å²) >= 11 is 0. The first-order valence-corrected chi connectivity index (χ1v) is 6.98. The molecular weight excluding hydrogens is 259 g/mol. The van der Waals surface area contributed by atoms with E-state index in [1.807, 2.05) is 0 Å². The topological polar surface area (TPSA) is 53.2 Å². The highest BCUT2D eigenvalue weighted by molar-refractivity contribution is 5.77. The minimum atomic E-state index is -0.251. The van der Waals surface area contributed by atoms with Crippen molar-refractivity contribution >= 4 is 17.0 Å². The molecule has 3 rings (SSSR count). The fourth-order valence-electron chi connectivity index (χ4n) is 2.52. The molecule has 6 heteroatoms. The first-order valence-electron chi connectivity index (χ1n) is 6.98. The van der Waals surface area contributed by atoms with Crippen LogP contribution < -0.4 is 10.2 Å². The molecule has 1 unspecified atom stereocenters. The minimum absolute atomic E-state index is 0.245. The smallest absolute Gasteiger partial charge is 0.204 e. The summed E-state index contributed by atoms with van der Waals surface area (Å²) in [4.78, 5) is 9.96. The molecule has 2 aromatic rings. The zero-order valence-electron chi connectivity index (χ0n) is 11.5.